The highest BCUT2D eigenvalue weighted by molar-refractivity contribution is 7.87. The first-order chi connectivity index (χ1) is 15.6. The van der Waals surface area contributed by atoms with Gasteiger partial charge in [-0.2, -0.15) is 17.4 Å². The number of carbonyl (C=O) groups is 2. The lowest BCUT2D eigenvalue weighted by Gasteiger charge is -2.35. The summed E-state index contributed by atoms with van der Waals surface area (Å²) >= 11 is 0. The fraction of sp³-hybridized carbons (Fsp3) is 0.583. The molecule has 0 bridgehead atoms. The van der Waals surface area contributed by atoms with Crippen LogP contribution in [0.25, 0.3) is 0 Å². The van der Waals surface area contributed by atoms with Crippen LogP contribution < -0.4 is 4.72 Å². The maximum atomic E-state index is 13.4. The molecule has 1 aliphatic carbocycles. The maximum Gasteiger partial charge on any atom is 0.410 e. The van der Waals surface area contributed by atoms with Gasteiger partial charge in [0.2, 0.25) is 0 Å². The van der Waals surface area contributed by atoms with Crippen LogP contribution in [0, 0.1) is 0 Å². The second-order valence-corrected chi connectivity index (χ2v) is 12.3. The molecule has 9 nitrogen and oxygen atoms in total. The van der Waals surface area contributed by atoms with Crippen LogP contribution >= 0.6 is 0 Å². The summed E-state index contributed by atoms with van der Waals surface area (Å²) in [7, 11) is -4.09. The molecule has 188 valence electrons. The summed E-state index contributed by atoms with van der Waals surface area (Å²) in [4.78, 5) is 27.1. The molecule has 1 N–H and O–H groups in total. The zero-order valence-electron chi connectivity index (χ0n) is 20.8. The highest BCUT2D eigenvalue weighted by Crippen LogP contribution is 2.57. The van der Waals surface area contributed by atoms with Crippen molar-refractivity contribution in [1.82, 2.24) is 13.9 Å². The van der Waals surface area contributed by atoms with Gasteiger partial charge in [0, 0.05) is 32.1 Å². The summed E-state index contributed by atoms with van der Waals surface area (Å²) in [6.45, 7) is 15.0. The first-order valence-electron chi connectivity index (χ1n) is 11.3. The van der Waals surface area contributed by atoms with Crippen LogP contribution in [0.3, 0.4) is 0 Å². The number of nitrogens with one attached hydrogen (secondary N) is 1. The van der Waals surface area contributed by atoms with E-state index in [9.17, 15) is 18.0 Å². The molecule has 1 amide bonds. The standard InChI is InChI=1S/C24H35N3O6S/c1-17-19(18-11-9-8-10-12-18)24(17,20(28)32-22(2,3)4)25-34(30,31)27-15-13-26(14-16-27)21(29)33-23(5,6)7/h8-12,19,25H,1,13-16H2,2-7H3/t19-,24-/m0/s1. The van der Waals surface area contributed by atoms with Gasteiger partial charge >= 0.3 is 12.1 Å². The number of carbonyl (C=O) groups excluding carboxylic acids is 2. The average molecular weight is 494 g/mol. The Morgan fingerprint density at radius 1 is 0.971 bits per heavy atom. The Morgan fingerprint density at radius 3 is 2.00 bits per heavy atom. The molecule has 1 saturated heterocycles. The van der Waals surface area contributed by atoms with Crippen LogP contribution in [0.1, 0.15) is 53.0 Å². The van der Waals surface area contributed by atoms with Crippen LogP contribution in [0.4, 0.5) is 4.79 Å². The van der Waals surface area contributed by atoms with Crippen LogP contribution in [-0.4, -0.2) is 72.6 Å². The highest BCUT2D eigenvalue weighted by Gasteiger charge is 2.68. The number of esters is 1. The number of piperazine rings is 1. The molecule has 2 aliphatic rings. The van der Waals surface area contributed by atoms with E-state index in [1.165, 1.54) is 9.21 Å². The molecule has 2 fully saturated rings. The van der Waals surface area contributed by atoms with Gasteiger partial charge in [0.15, 0.2) is 5.54 Å². The lowest BCUT2D eigenvalue weighted by Crippen LogP contribution is -2.57. The molecule has 1 aromatic carbocycles. The Morgan fingerprint density at radius 2 is 1.50 bits per heavy atom. The zero-order valence-corrected chi connectivity index (χ0v) is 21.6. The lowest BCUT2D eigenvalue weighted by atomic mass is 10.1. The smallest absolute Gasteiger partial charge is 0.410 e. The van der Waals surface area contributed by atoms with E-state index in [-0.39, 0.29) is 26.2 Å². The van der Waals surface area contributed by atoms with Crippen molar-refractivity contribution in [3.05, 3.63) is 48.0 Å². The topological polar surface area (TPSA) is 105 Å². The summed E-state index contributed by atoms with van der Waals surface area (Å²) in [6, 6.07) is 9.15. The minimum Gasteiger partial charge on any atom is -0.458 e. The van der Waals surface area contributed by atoms with Crippen molar-refractivity contribution in [2.45, 2.75) is 64.2 Å². The van der Waals surface area contributed by atoms with Gasteiger partial charge in [-0.1, -0.05) is 36.9 Å². The van der Waals surface area contributed by atoms with Gasteiger partial charge in [0.05, 0.1) is 0 Å². The Balaban J connectivity index is 1.79. The highest BCUT2D eigenvalue weighted by atomic mass is 32.2. The third-order valence-corrected chi connectivity index (χ3v) is 7.20. The molecule has 1 aromatic rings. The van der Waals surface area contributed by atoms with Crippen molar-refractivity contribution >= 4 is 22.3 Å². The van der Waals surface area contributed by atoms with Crippen molar-refractivity contribution in [1.29, 1.82) is 0 Å². The van der Waals surface area contributed by atoms with Gasteiger partial charge in [0.25, 0.3) is 10.2 Å². The number of nitrogens with zero attached hydrogens (tertiary/aromatic N) is 2. The molecule has 10 heteroatoms. The third-order valence-electron chi connectivity index (χ3n) is 5.58. The lowest BCUT2D eigenvalue weighted by molar-refractivity contribution is -0.157. The Labute approximate surface area is 202 Å². The molecule has 2 atom stereocenters. The van der Waals surface area contributed by atoms with Gasteiger partial charge in [0.1, 0.15) is 11.2 Å². The van der Waals surface area contributed by atoms with E-state index in [1.54, 1.807) is 41.5 Å². The summed E-state index contributed by atoms with van der Waals surface area (Å²) < 4.78 is 41.6. The number of hydrogen-bond acceptors (Lipinski definition) is 6. The van der Waals surface area contributed by atoms with E-state index in [4.69, 9.17) is 9.47 Å². The maximum absolute atomic E-state index is 13.4. The predicted molar refractivity (Wildman–Crippen MR) is 128 cm³/mol. The second-order valence-electron chi connectivity index (χ2n) is 10.7. The fourth-order valence-electron chi connectivity index (χ4n) is 3.97. The van der Waals surface area contributed by atoms with Crippen molar-refractivity contribution in [3.8, 4) is 0 Å². The predicted octanol–water partition coefficient (Wildman–Crippen LogP) is 2.81. The number of rotatable bonds is 5. The van der Waals surface area contributed by atoms with Crippen LogP contribution in [-0.2, 0) is 24.5 Å². The molecular weight excluding hydrogens is 458 g/mol. The van der Waals surface area contributed by atoms with Gasteiger partial charge in [-0.15, -0.1) is 0 Å². The van der Waals surface area contributed by atoms with Crippen molar-refractivity contribution in [2.75, 3.05) is 26.2 Å². The first-order valence-corrected chi connectivity index (χ1v) is 12.8. The Hall–Kier alpha value is -2.43. The minimum atomic E-state index is -4.09. The average Bonchev–Trinajstić information content (AvgIpc) is 3.30. The van der Waals surface area contributed by atoms with E-state index >= 15 is 0 Å². The number of ether oxygens (including phenoxy) is 2. The molecule has 3 rings (SSSR count). The summed E-state index contributed by atoms with van der Waals surface area (Å²) in [5.41, 5.74) is -1.82. The molecule has 0 unspecified atom stereocenters. The van der Waals surface area contributed by atoms with E-state index in [2.05, 4.69) is 11.3 Å². The molecule has 0 radical (unpaired) electrons. The summed E-state index contributed by atoms with van der Waals surface area (Å²) in [6.07, 6.45) is -0.484. The quantitative estimate of drug-likeness (QED) is 0.500. The third kappa shape index (κ3) is 5.61. The Bertz CT molecular complexity index is 1050. The van der Waals surface area contributed by atoms with E-state index in [1.807, 2.05) is 30.3 Å². The molecule has 1 saturated carbocycles. The molecule has 0 aromatic heterocycles. The van der Waals surface area contributed by atoms with Crippen molar-refractivity contribution in [2.24, 2.45) is 0 Å². The molecular formula is C24H35N3O6S. The van der Waals surface area contributed by atoms with Crippen molar-refractivity contribution in [3.63, 3.8) is 0 Å². The van der Waals surface area contributed by atoms with Crippen LogP contribution in [0.5, 0.6) is 0 Å². The summed E-state index contributed by atoms with van der Waals surface area (Å²) in [5.74, 6) is -1.23. The SMILES string of the molecule is C=C1[C@@H](c2ccccc2)[C@]1(NS(=O)(=O)N1CCN(C(=O)OC(C)(C)C)CC1)C(=O)OC(C)(C)C. The normalized spacial score (nSPS) is 24.0. The largest absolute Gasteiger partial charge is 0.458 e. The number of amides is 1. The van der Waals surface area contributed by atoms with Crippen LogP contribution in [0.15, 0.2) is 42.5 Å². The molecule has 0 spiro atoms. The van der Waals surface area contributed by atoms with Gasteiger partial charge in [-0.25, -0.2) is 9.59 Å². The van der Waals surface area contributed by atoms with Gasteiger partial charge in [-0.3, -0.25) is 0 Å². The molecule has 1 heterocycles. The number of benzene rings is 1. The minimum absolute atomic E-state index is 0.0709. The van der Waals surface area contributed by atoms with Crippen LogP contribution in [0.2, 0.25) is 0 Å². The van der Waals surface area contributed by atoms with Gasteiger partial charge in [-0.05, 0) is 52.7 Å². The Kier molecular flexibility index (Phi) is 6.91. The zero-order chi connectivity index (χ0) is 25.5. The first kappa shape index (κ1) is 26.2. The van der Waals surface area contributed by atoms with E-state index in [0.29, 0.717) is 5.57 Å². The van der Waals surface area contributed by atoms with E-state index < -0.39 is 44.9 Å². The number of hydrogen-bond donors (Lipinski definition) is 1. The van der Waals surface area contributed by atoms with Gasteiger partial charge < -0.3 is 14.4 Å². The monoisotopic (exact) mass is 493 g/mol. The van der Waals surface area contributed by atoms with E-state index in [0.717, 1.165) is 5.56 Å². The molecule has 34 heavy (non-hydrogen) atoms. The second kappa shape index (κ2) is 8.98. The fourth-order valence-corrected chi connectivity index (χ4v) is 5.48. The summed E-state index contributed by atoms with van der Waals surface area (Å²) in [5, 5.41) is 0. The molecule has 1 aliphatic heterocycles. The van der Waals surface area contributed by atoms with Crippen molar-refractivity contribution < 1.29 is 27.5 Å².